The highest BCUT2D eigenvalue weighted by Gasteiger charge is 2.26. The maximum absolute atomic E-state index is 7.34. The Hall–Kier alpha value is -1.62. The number of hydrogen-bond acceptors (Lipinski definition) is 4. The molecule has 1 aromatic rings. The smallest absolute Gasteiger partial charge is 0.141 e. The van der Waals surface area contributed by atoms with Gasteiger partial charge in [-0.1, -0.05) is 0 Å². The third-order valence-electron chi connectivity index (χ3n) is 3.75. The first-order valence-electron chi connectivity index (χ1n) is 6.26. The molecule has 1 aliphatic rings. The van der Waals surface area contributed by atoms with Crippen LogP contribution in [0.4, 0.5) is 5.69 Å². The minimum Gasteiger partial charge on any atom is -0.382 e. The lowest BCUT2D eigenvalue weighted by Gasteiger charge is -2.43. The van der Waals surface area contributed by atoms with E-state index in [4.69, 9.17) is 11.1 Å². The van der Waals surface area contributed by atoms with Crippen molar-refractivity contribution in [3.63, 3.8) is 0 Å². The van der Waals surface area contributed by atoms with E-state index < -0.39 is 0 Å². The third-order valence-corrected chi connectivity index (χ3v) is 3.75. The molecule has 1 aliphatic heterocycles. The molecule has 1 saturated heterocycles. The summed E-state index contributed by atoms with van der Waals surface area (Å²) < 4.78 is 0. The van der Waals surface area contributed by atoms with Crippen molar-refractivity contribution in [3.05, 3.63) is 24.0 Å². The first-order chi connectivity index (χ1) is 8.49. The van der Waals surface area contributed by atoms with Gasteiger partial charge in [0.05, 0.1) is 11.9 Å². The summed E-state index contributed by atoms with van der Waals surface area (Å²) in [5.41, 5.74) is 7.04. The Labute approximate surface area is 108 Å². The molecule has 0 radical (unpaired) electrons. The largest absolute Gasteiger partial charge is 0.382 e. The highest BCUT2D eigenvalue weighted by atomic mass is 15.3. The Bertz CT molecular complexity index is 416. The quantitative estimate of drug-likeness (QED) is 0.601. The van der Waals surface area contributed by atoms with E-state index in [0.29, 0.717) is 17.8 Å². The van der Waals surface area contributed by atoms with Gasteiger partial charge in [0.2, 0.25) is 0 Å². The van der Waals surface area contributed by atoms with Crippen LogP contribution in [-0.4, -0.2) is 47.9 Å². The molecule has 0 saturated carbocycles. The van der Waals surface area contributed by atoms with E-state index in [2.05, 4.69) is 35.7 Å². The number of nitrogens with one attached hydrogen (secondary N) is 1. The minimum absolute atomic E-state index is 0.0154. The second-order valence-electron chi connectivity index (χ2n) is 5.08. The summed E-state index contributed by atoms with van der Waals surface area (Å²) in [4.78, 5) is 8.95. The molecule has 0 bridgehead atoms. The normalized spacial score (nSPS) is 25.2. The van der Waals surface area contributed by atoms with Crippen LogP contribution in [0, 0.1) is 5.41 Å². The fourth-order valence-electron chi connectivity index (χ4n) is 2.35. The molecular weight excluding hydrogens is 226 g/mol. The molecule has 0 spiro atoms. The van der Waals surface area contributed by atoms with Gasteiger partial charge in [-0.25, -0.2) is 0 Å². The monoisotopic (exact) mass is 247 g/mol. The Morgan fingerprint density at radius 2 is 1.94 bits per heavy atom. The number of likely N-dealkylation sites (N-methyl/N-ethyl adjacent to an activating group) is 1. The number of anilines is 1. The van der Waals surface area contributed by atoms with E-state index in [1.54, 1.807) is 0 Å². The van der Waals surface area contributed by atoms with Crippen LogP contribution in [0.1, 0.15) is 19.5 Å². The number of nitrogens with two attached hydrogens (primary N) is 1. The molecule has 2 rings (SSSR count). The fourth-order valence-corrected chi connectivity index (χ4v) is 2.35. The van der Waals surface area contributed by atoms with Crippen molar-refractivity contribution in [1.29, 1.82) is 5.41 Å². The molecule has 1 fully saturated rings. The van der Waals surface area contributed by atoms with Gasteiger partial charge < -0.3 is 10.6 Å². The average molecular weight is 247 g/mol. The number of aromatic nitrogens is 1. The molecule has 5 heteroatoms. The number of rotatable bonds is 2. The number of amidine groups is 1. The molecule has 3 N–H and O–H groups in total. The lowest BCUT2D eigenvalue weighted by atomic mass is 10.1. The van der Waals surface area contributed by atoms with Gasteiger partial charge in [0.1, 0.15) is 11.5 Å². The minimum atomic E-state index is 0.0154. The average Bonchev–Trinajstić information content (AvgIpc) is 2.35. The summed E-state index contributed by atoms with van der Waals surface area (Å²) in [7, 11) is 2.17. The van der Waals surface area contributed by atoms with Crippen LogP contribution in [0.25, 0.3) is 0 Å². The molecule has 0 aromatic carbocycles. The molecule has 2 unspecified atom stereocenters. The van der Waals surface area contributed by atoms with Crippen LogP contribution in [0.3, 0.4) is 0 Å². The van der Waals surface area contributed by atoms with Crippen molar-refractivity contribution in [2.75, 3.05) is 25.0 Å². The van der Waals surface area contributed by atoms with Crippen LogP contribution in [-0.2, 0) is 0 Å². The lowest BCUT2D eigenvalue weighted by Crippen LogP contribution is -2.55. The highest BCUT2D eigenvalue weighted by Crippen LogP contribution is 2.20. The van der Waals surface area contributed by atoms with Gasteiger partial charge in [-0.3, -0.25) is 15.3 Å². The zero-order valence-corrected chi connectivity index (χ0v) is 11.2. The molecule has 2 atom stereocenters. The fraction of sp³-hybridized carbons (Fsp3) is 0.538. The summed E-state index contributed by atoms with van der Waals surface area (Å²) in [6.45, 7) is 6.48. The first kappa shape index (κ1) is 12.8. The Kier molecular flexibility index (Phi) is 3.52. The van der Waals surface area contributed by atoms with Gasteiger partial charge in [-0.15, -0.1) is 0 Å². The van der Waals surface area contributed by atoms with Crippen LogP contribution in [0.5, 0.6) is 0 Å². The third kappa shape index (κ3) is 2.46. The Morgan fingerprint density at radius 3 is 2.39 bits per heavy atom. The zero-order chi connectivity index (χ0) is 13.3. The van der Waals surface area contributed by atoms with Crippen LogP contribution in [0.15, 0.2) is 18.3 Å². The highest BCUT2D eigenvalue weighted by molar-refractivity contribution is 5.93. The van der Waals surface area contributed by atoms with Crippen molar-refractivity contribution < 1.29 is 0 Å². The molecule has 1 aromatic heterocycles. The number of nitrogens with zero attached hydrogens (tertiary/aromatic N) is 3. The molecule has 98 valence electrons. The van der Waals surface area contributed by atoms with E-state index in [1.807, 2.05) is 18.3 Å². The maximum Gasteiger partial charge on any atom is 0.141 e. The van der Waals surface area contributed by atoms with Gasteiger partial charge in [0, 0.05) is 25.2 Å². The summed E-state index contributed by atoms with van der Waals surface area (Å²) in [6, 6.07) is 4.86. The SMILES string of the molecule is CC1CN(c2ccc(C(=N)N)nc2)CC(C)N1C. The molecule has 2 heterocycles. The van der Waals surface area contributed by atoms with E-state index in [9.17, 15) is 0 Å². The van der Waals surface area contributed by atoms with E-state index in [1.165, 1.54) is 0 Å². The molecule has 0 aliphatic carbocycles. The van der Waals surface area contributed by atoms with Crippen LogP contribution < -0.4 is 10.6 Å². The van der Waals surface area contributed by atoms with Crippen LogP contribution >= 0.6 is 0 Å². The zero-order valence-electron chi connectivity index (χ0n) is 11.2. The van der Waals surface area contributed by atoms with Crippen molar-refractivity contribution in [3.8, 4) is 0 Å². The van der Waals surface area contributed by atoms with Gasteiger partial charge in [-0.2, -0.15) is 0 Å². The van der Waals surface area contributed by atoms with Crippen molar-refractivity contribution in [1.82, 2.24) is 9.88 Å². The van der Waals surface area contributed by atoms with Gasteiger partial charge >= 0.3 is 0 Å². The number of nitrogen functional groups attached to an aromatic ring is 1. The van der Waals surface area contributed by atoms with Crippen molar-refractivity contribution in [2.45, 2.75) is 25.9 Å². The summed E-state index contributed by atoms with van der Waals surface area (Å²) >= 11 is 0. The summed E-state index contributed by atoms with van der Waals surface area (Å²) in [6.07, 6.45) is 1.81. The van der Waals surface area contributed by atoms with Gasteiger partial charge in [0.25, 0.3) is 0 Å². The molecular formula is C13H21N5. The lowest BCUT2D eigenvalue weighted by molar-refractivity contribution is 0.170. The second kappa shape index (κ2) is 4.94. The van der Waals surface area contributed by atoms with E-state index in [-0.39, 0.29) is 5.84 Å². The maximum atomic E-state index is 7.34. The van der Waals surface area contributed by atoms with E-state index >= 15 is 0 Å². The van der Waals surface area contributed by atoms with Crippen LogP contribution in [0.2, 0.25) is 0 Å². The van der Waals surface area contributed by atoms with Crippen molar-refractivity contribution in [2.24, 2.45) is 5.73 Å². The second-order valence-corrected chi connectivity index (χ2v) is 5.08. The topological polar surface area (TPSA) is 69.2 Å². The van der Waals surface area contributed by atoms with Gasteiger partial charge in [-0.05, 0) is 33.0 Å². The Morgan fingerprint density at radius 1 is 1.33 bits per heavy atom. The Balaban J connectivity index is 2.14. The van der Waals surface area contributed by atoms with Gasteiger partial charge in [0.15, 0.2) is 0 Å². The summed E-state index contributed by atoms with van der Waals surface area (Å²) in [5, 5.41) is 7.34. The predicted octanol–water partition coefficient (Wildman–Crippen LogP) is 0.894. The number of piperazine rings is 1. The van der Waals surface area contributed by atoms with Crippen molar-refractivity contribution >= 4 is 11.5 Å². The first-order valence-corrected chi connectivity index (χ1v) is 6.26. The number of pyridine rings is 1. The summed E-state index contributed by atoms with van der Waals surface area (Å²) in [5.74, 6) is 0.0154. The molecule has 18 heavy (non-hydrogen) atoms. The molecule has 5 nitrogen and oxygen atoms in total. The number of hydrogen-bond donors (Lipinski definition) is 2. The predicted molar refractivity (Wildman–Crippen MR) is 74.2 cm³/mol. The molecule has 0 amide bonds. The van der Waals surface area contributed by atoms with E-state index in [0.717, 1.165) is 18.8 Å². The standard InChI is InChI=1S/C13H21N5/c1-9-7-18(8-10(2)17(9)3)11-4-5-12(13(14)15)16-6-11/h4-6,9-10H,7-8H2,1-3H3,(H3,14,15).